The zero-order valence-corrected chi connectivity index (χ0v) is 21.4. The Morgan fingerprint density at radius 1 is 0.972 bits per heavy atom. The van der Waals surface area contributed by atoms with E-state index in [0.717, 1.165) is 67.8 Å². The molecule has 1 saturated carbocycles. The second kappa shape index (κ2) is 11.9. The van der Waals surface area contributed by atoms with Gasteiger partial charge in [-0.05, 0) is 67.1 Å². The molecule has 2 heterocycles. The van der Waals surface area contributed by atoms with Gasteiger partial charge in [0.25, 0.3) is 0 Å². The monoisotopic (exact) mass is 491 g/mol. The maximum atomic E-state index is 13.6. The molecule has 1 aliphatic heterocycles. The van der Waals surface area contributed by atoms with E-state index in [9.17, 15) is 4.39 Å². The van der Waals surface area contributed by atoms with E-state index in [1.165, 1.54) is 61.9 Å². The minimum absolute atomic E-state index is 0.219. The molecule has 1 fully saturated rings. The quantitative estimate of drug-likeness (QED) is 0.281. The molecule has 0 amide bonds. The van der Waals surface area contributed by atoms with Crippen LogP contribution < -0.4 is 9.47 Å². The molecule has 5 rings (SSSR count). The highest BCUT2D eigenvalue weighted by atomic mass is 19.1. The van der Waals surface area contributed by atoms with Gasteiger partial charge in [-0.25, -0.2) is 9.37 Å². The summed E-state index contributed by atoms with van der Waals surface area (Å²) in [5.74, 6) is 3.11. The molecule has 0 saturated heterocycles. The lowest BCUT2D eigenvalue weighted by Gasteiger charge is -2.28. The molecule has 2 aromatic carbocycles. The summed E-state index contributed by atoms with van der Waals surface area (Å²) in [6.45, 7) is 6.21. The van der Waals surface area contributed by atoms with Crippen molar-refractivity contribution in [3.05, 3.63) is 65.7 Å². The van der Waals surface area contributed by atoms with Crippen LogP contribution in [0.1, 0.15) is 69.5 Å². The van der Waals surface area contributed by atoms with Crippen molar-refractivity contribution in [1.29, 1.82) is 0 Å². The topological polar surface area (TPSA) is 39.5 Å². The minimum Gasteiger partial charge on any atom is -0.454 e. The number of ether oxygens (including phenoxy) is 2. The zero-order valence-electron chi connectivity index (χ0n) is 21.4. The summed E-state index contributed by atoms with van der Waals surface area (Å²) in [7, 11) is 0. The smallest absolute Gasteiger partial charge is 0.231 e. The predicted octanol–water partition coefficient (Wildman–Crippen LogP) is 7.19. The van der Waals surface area contributed by atoms with E-state index in [4.69, 9.17) is 14.5 Å². The number of unbranched alkanes of at least 4 members (excludes halogenated alkanes) is 1. The molecule has 0 atom stereocenters. The van der Waals surface area contributed by atoms with E-state index < -0.39 is 0 Å². The standard InChI is InChI=1S/C30H38FN3O2/c1-2-3-16-34-27(18-32-30(34)25-11-13-26(31)14-12-25)21-33(19-23-8-6-4-5-7-9-23)20-24-10-15-28-29(17-24)36-22-35-28/h10-15,17-18,23H,2-9,16,19-22H2,1H3. The Labute approximate surface area is 214 Å². The van der Waals surface area contributed by atoms with E-state index in [2.05, 4.69) is 28.5 Å². The Morgan fingerprint density at radius 2 is 1.75 bits per heavy atom. The molecular formula is C30H38FN3O2. The summed E-state index contributed by atoms with van der Waals surface area (Å²) in [5, 5.41) is 0. The molecule has 2 aliphatic rings. The number of rotatable bonds is 10. The van der Waals surface area contributed by atoms with E-state index in [1.807, 2.05) is 24.4 Å². The fraction of sp³-hybridized carbons (Fsp3) is 0.500. The number of imidazole rings is 1. The SMILES string of the molecule is CCCCn1c(CN(Cc2ccc3c(c2)OCO3)CC2CCCCCC2)cnc1-c1ccc(F)cc1. The summed E-state index contributed by atoms with van der Waals surface area (Å²) < 4.78 is 27.1. The zero-order chi connectivity index (χ0) is 24.7. The third-order valence-corrected chi connectivity index (χ3v) is 7.50. The van der Waals surface area contributed by atoms with Gasteiger partial charge in [0.1, 0.15) is 11.6 Å². The molecular weight excluding hydrogens is 453 g/mol. The first kappa shape index (κ1) is 24.8. The number of aromatic nitrogens is 2. The third-order valence-electron chi connectivity index (χ3n) is 7.50. The van der Waals surface area contributed by atoms with Crippen molar-refractivity contribution in [3.63, 3.8) is 0 Å². The summed E-state index contributed by atoms with van der Waals surface area (Å²) in [6.07, 6.45) is 12.3. The number of hydrogen-bond acceptors (Lipinski definition) is 4. The molecule has 36 heavy (non-hydrogen) atoms. The molecule has 192 valence electrons. The lowest BCUT2D eigenvalue weighted by molar-refractivity contribution is 0.173. The molecule has 0 bridgehead atoms. The number of benzene rings is 2. The van der Waals surface area contributed by atoms with E-state index >= 15 is 0 Å². The number of hydrogen-bond donors (Lipinski definition) is 0. The average Bonchev–Trinajstić information content (AvgIpc) is 3.42. The van der Waals surface area contributed by atoms with Crippen LogP contribution in [0.3, 0.4) is 0 Å². The summed E-state index contributed by atoms with van der Waals surface area (Å²) in [6, 6.07) is 13.0. The van der Waals surface area contributed by atoms with Crippen molar-refractivity contribution in [2.75, 3.05) is 13.3 Å². The molecule has 0 N–H and O–H groups in total. The van der Waals surface area contributed by atoms with E-state index in [-0.39, 0.29) is 5.82 Å². The van der Waals surface area contributed by atoms with Gasteiger partial charge in [0.15, 0.2) is 11.5 Å². The third kappa shape index (κ3) is 6.09. The van der Waals surface area contributed by atoms with Crippen molar-refractivity contribution < 1.29 is 13.9 Å². The van der Waals surface area contributed by atoms with E-state index in [1.54, 1.807) is 0 Å². The van der Waals surface area contributed by atoms with Gasteiger partial charge in [0.05, 0.1) is 11.9 Å². The van der Waals surface area contributed by atoms with Gasteiger partial charge < -0.3 is 14.0 Å². The highest BCUT2D eigenvalue weighted by Gasteiger charge is 2.21. The summed E-state index contributed by atoms with van der Waals surface area (Å²) in [5.41, 5.74) is 3.42. The van der Waals surface area contributed by atoms with Crippen LogP contribution in [0, 0.1) is 11.7 Å². The molecule has 6 heteroatoms. The van der Waals surface area contributed by atoms with Crippen LogP contribution in [0.15, 0.2) is 48.7 Å². The van der Waals surface area contributed by atoms with Crippen molar-refractivity contribution in [1.82, 2.24) is 14.5 Å². The Bertz CT molecular complexity index is 1120. The van der Waals surface area contributed by atoms with Gasteiger partial charge in [-0.2, -0.15) is 0 Å². The molecule has 0 spiro atoms. The normalized spacial score (nSPS) is 16.0. The maximum absolute atomic E-state index is 13.6. The second-order valence-electron chi connectivity index (χ2n) is 10.3. The highest BCUT2D eigenvalue weighted by Crippen LogP contribution is 2.33. The Hall–Kier alpha value is -2.86. The molecule has 5 nitrogen and oxygen atoms in total. The fourth-order valence-corrected chi connectivity index (χ4v) is 5.56. The first-order valence-corrected chi connectivity index (χ1v) is 13.6. The first-order chi connectivity index (χ1) is 17.7. The Kier molecular flexibility index (Phi) is 8.22. The van der Waals surface area contributed by atoms with Gasteiger partial charge in [-0.1, -0.05) is 45.1 Å². The van der Waals surface area contributed by atoms with Gasteiger partial charge in [-0.15, -0.1) is 0 Å². The van der Waals surface area contributed by atoms with Gasteiger partial charge in [0.2, 0.25) is 6.79 Å². The van der Waals surface area contributed by atoms with Crippen molar-refractivity contribution in [3.8, 4) is 22.9 Å². The number of nitrogens with zero attached hydrogens (tertiary/aromatic N) is 3. The number of halogens is 1. The lowest BCUT2D eigenvalue weighted by Crippen LogP contribution is -2.30. The second-order valence-corrected chi connectivity index (χ2v) is 10.3. The lowest BCUT2D eigenvalue weighted by atomic mass is 9.99. The molecule has 0 radical (unpaired) electrons. The van der Waals surface area contributed by atoms with Crippen LogP contribution in [-0.4, -0.2) is 27.8 Å². The minimum atomic E-state index is -0.219. The van der Waals surface area contributed by atoms with Crippen LogP contribution >= 0.6 is 0 Å². The van der Waals surface area contributed by atoms with Crippen LogP contribution in [0.25, 0.3) is 11.4 Å². The highest BCUT2D eigenvalue weighted by molar-refractivity contribution is 5.56. The molecule has 0 unspecified atom stereocenters. The molecule has 1 aromatic heterocycles. The summed E-state index contributed by atoms with van der Waals surface area (Å²) in [4.78, 5) is 7.40. The van der Waals surface area contributed by atoms with Crippen LogP contribution in [0.2, 0.25) is 0 Å². The number of fused-ring (bicyclic) bond motifs is 1. The van der Waals surface area contributed by atoms with Crippen LogP contribution in [0.5, 0.6) is 11.5 Å². The van der Waals surface area contributed by atoms with Crippen molar-refractivity contribution >= 4 is 0 Å². The van der Waals surface area contributed by atoms with Gasteiger partial charge in [-0.3, -0.25) is 4.90 Å². The fourth-order valence-electron chi connectivity index (χ4n) is 5.56. The van der Waals surface area contributed by atoms with Crippen LogP contribution in [-0.2, 0) is 19.6 Å². The largest absolute Gasteiger partial charge is 0.454 e. The predicted molar refractivity (Wildman–Crippen MR) is 140 cm³/mol. The first-order valence-electron chi connectivity index (χ1n) is 13.6. The van der Waals surface area contributed by atoms with Crippen LogP contribution in [0.4, 0.5) is 4.39 Å². The maximum Gasteiger partial charge on any atom is 0.231 e. The summed E-state index contributed by atoms with van der Waals surface area (Å²) >= 11 is 0. The Balaban J connectivity index is 1.41. The van der Waals surface area contributed by atoms with Crippen molar-refractivity contribution in [2.45, 2.75) is 77.9 Å². The van der Waals surface area contributed by atoms with E-state index in [0.29, 0.717) is 6.79 Å². The molecule has 1 aliphatic carbocycles. The molecule has 3 aromatic rings. The van der Waals surface area contributed by atoms with Gasteiger partial charge in [0, 0.05) is 31.7 Å². The Morgan fingerprint density at radius 3 is 2.53 bits per heavy atom. The van der Waals surface area contributed by atoms with Crippen molar-refractivity contribution in [2.24, 2.45) is 5.92 Å². The average molecular weight is 492 g/mol. The van der Waals surface area contributed by atoms with Gasteiger partial charge >= 0.3 is 0 Å².